The smallest absolute Gasteiger partial charge is 0.413 e. The number of aromatic nitrogens is 2. The number of hydrogen-bond acceptors (Lipinski definition) is 17. The van der Waals surface area contributed by atoms with Gasteiger partial charge in [-0.3, -0.25) is 24.6 Å². The maximum absolute atomic E-state index is 13.1. The number of amides is 2. The molecule has 61 heavy (non-hydrogen) atoms. The van der Waals surface area contributed by atoms with E-state index in [0.717, 1.165) is 6.26 Å². The highest BCUT2D eigenvalue weighted by Crippen LogP contribution is 2.53. The van der Waals surface area contributed by atoms with E-state index in [-0.39, 0.29) is 28.9 Å². The maximum atomic E-state index is 13.1. The lowest BCUT2D eigenvalue weighted by molar-refractivity contribution is 0.0635. The van der Waals surface area contributed by atoms with Gasteiger partial charge < -0.3 is 32.2 Å². The van der Waals surface area contributed by atoms with E-state index in [1.165, 1.54) is 53.0 Å². The number of rotatable bonds is 16. The standard InChI is InChI=1S/C25H29N2O9PS2.C13H25N2O4PSSi/c1-17(14-32-2)35-21-11-18(12-22(13-21)36-20-5-7-23(8-6-20)39(3,30)31)24(28)27-25-26-19(16-38-25)15-37(29)33-9-4-10-34-37;1-13(2,3)18-12(16)15-11-14-10(9-21-11)8-20(4,17)19-22(5,6)7/h5-8,11-13,16-17H,4,9-10,14-15H2,1-3H3,(H,26,27,28);9H,8H2,1-7H3,(H,14,15,16)/t17-;/m0./s1. The SMILES string of the molecule is CC(C)(C)OC(=O)Nc1nc(CP(C)(=O)O[Si](C)(C)C)cs1.COC[C@H](C)Oc1cc(Oc2ccc(S(C)(=O)=O)cc2)cc(C(=O)Nc2nc(CP3(=O)OCCCO3)cs2)c1. The highest BCUT2D eigenvalue weighted by atomic mass is 32.2. The first-order valence-corrected chi connectivity index (χ1v) is 30.0. The molecule has 2 N–H and O–H groups in total. The van der Waals surface area contributed by atoms with Crippen molar-refractivity contribution >= 4 is 78.1 Å². The molecule has 1 fully saturated rings. The minimum Gasteiger partial charge on any atom is -0.488 e. The van der Waals surface area contributed by atoms with Crippen LogP contribution in [0.15, 0.2) is 58.1 Å². The second-order valence-electron chi connectivity index (χ2n) is 16.0. The lowest BCUT2D eigenvalue weighted by Crippen LogP contribution is -2.27. The van der Waals surface area contributed by atoms with Crippen molar-refractivity contribution in [3.8, 4) is 17.2 Å². The number of methoxy groups -OCH3 is 1. The average molecular weight is 961 g/mol. The molecular weight excluding hydrogens is 907 g/mol. The van der Waals surface area contributed by atoms with Gasteiger partial charge in [0, 0.05) is 42.4 Å². The molecule has 5 rings (SSSR count). The summed E-state index contributed by atoms with van der Waals surface area (Å²) in [4.78, 5) is 33.6. The molecule has 0 radical (unpaired) electrons. The number of nitrogens with zero attached hydrogens (tertiary/aromatic N) is 2. The summed E-state index contributed by atoms with van der Waals surface area (Å²) in [6.07, 6.45) is 1.25. The minimum absolute atomic E-state index is 0.0240. The third kappa shape index (κ3) is 18.0. The molecule has 2 aromatic heterocycles. The molecule has 1 saturated heterocycles. The van der Waals surface area contributed by atoms with Crippen molar-refractivity contribution in [1.82, 2.24) is 9.97 Å². The number of thiazole rings is 2. The molecule has 0 bridgehead atoms. The van der Waals surface area contributed by atoms with Gasteiger partial charge in [-0.1, -0.05) is 0 Å². The summed E-state index contributed by atoms with van der Waals surface area (Å²) < 4.78 is 87.1. The van der Waals surface area contributed by atoms with E-state index in [2.05, 4.69) is 20.6 Å². The van der Waals surface area contributed by atoms with Gasteiger partial charge >= 0.3 is 13.7 Å². The van der Waals surface area contributed by atoms with E-state index in [4.69, 9.17) is 32.2 Å². The van der Waals surface area contributed by atoms with Crippen molar-refractivity contribution in [3.63, 3.8) is 0 Å². The summed E-state index contributed by atoms with van der Waals surface area (Å²) in [5.74, 6) is 0.593. The summed E-state index contributed by atoms with van der Waals surface area (Å²) in [7, 11) is -9.63. The van der Waals surface area contributed by atoms with Gasteiger partial charge in [-0.25, -0.2) is 23.2 Å². The second-order valence-corrected chi connectivity index (χ2v) is 29.0. The van der Waals surface area contributed by atoms with Crippen molar-refractivity contribution in [2.24, 2.45) is 0 Å². The number of hydrogen-bond donors (Lipinski definition) is 2. The first kappa shape index (κ1) is 50.2. The number of anilines is 2. The van der Waals surface area contributed by atoms with Gasteiger partial charge in [0.25, 0.3) is 5.91 Å². The molecule has 0 aliphatic carbocycles. The Balaban J connectivity index is 0.000000317. The summed E-state index contributed by atoms with van der Waals surface area (Å²) in [5.41, 5.74) is 0.824. The minimum atomic E-state index is -3.35. The van der Waals surface area contributed by atoms with Crippen LogP contribution in [-0.2, 0) is 54.0 Å². The molecule has 2 amide bonds. The fourth-order valence-electron chi connectivity index (χ4n) is 5.36. The largest absolute Gasteiger partial charge is 0.488 e. The van der Waals surface area contributed by atoms with E-state index in [1.54, 1.807) is 57.4 Å². The number of benzene rings is 2. The van der Waals surface area contributed by atoms with Gasteiger partial charge in [-0.15, -0.1) is 22.7 Å². The Bertz CT molecular complexity index is 2320. The van der Waals surface area contributed by atoms with E-state index >= 15 is 0 Å². The number of ether oxygens (including phenoxy) is 4. The third-order valence-electron chi connectivity index (χ3n) is 7.44. The van der Waals surface area contributed by atoms with Crippen molar-refractivity contribution in [2.45, 2.75) is 82.7 Å². The molecule has 1 aliphatic heterocycles. The molecule has 4 aromatic rings. The zero-order valence-electron chi connectivity index (χ0n) is 35.8. The van der Waals surface area contributed by atoms with Crippen LogP contribution in [0.3, 0.4) is 0 Å². The Hall–Kier alpha value is -3.49. The normalized spacial score (nSPS) is 15.6. The van der Waals surface area contributed by atoms with Crippen molar-refractivity contribution < 1.29 is 59.3 Å². The van der Waals surface area contributed by atoms with Crippen LogP contribution in [0.5, 0.6) is 17.2 Å². The molecule has 17 nitrogen and oxygen atoms in total. The maximum Gasteiger partial charge on any atom is 0.413 e. The molecule has 1 aliphatic rings. The van der Waals surface area contributed by atoms with Crippen LogP contribution < -0.4 is 20.1 Å². The van der Waals surface area contributed by atoms with Crippen molar-refractivity contribution in [3.05, 3.63) is 70.2 Å². The summed E-state index contributed by atoms with van der Waals surface area (Å²) >= 11 is 2.46. The lowest BCUT2D eigenvalue weighted by atomic mass is 10.2. The molecule has 23 heteroatoms. The molecule has 336 valence electrons. The van der Waals surface area contributed by atoms with Crippen LogP contribution >= 0.6 is 37.6 Å². The Morgan fingerprint density at radius 2 is 1.54 bits per heavy atom. The molecular formula is C38H54N4O13P2S3Si. The highest BCUT2D eigenvalue weighted by Gasteiger charge is 2.30. The van der Waals surface area contributed by atoms with Crippen LogP contribution in [0.1, 0.15) is 55.9 Å². The zero-order valence-corrected chi connectivity index (χ0v) is 41.1. The molecule has 0 spiro atoms. The van der Waals surface area contributed by atoms with E-state index in [9.17, 15) is 27.1 Å². The molecule has 1 unspecified atom stereocenters. The summed E-state index contributed by atoms with van der Waals surface area (Å²) in [6, 6.07) is 10.7. The van der Waals surface area contributed by atoms with Gasteiger partial charge in [0.15, 0.2) is 35.8 Å². The zero-order chi connectivity index (χ0) is 45.2. The van der Waals surface area contributed by atoms with Crippen LogP contribution in [-0.4, -0.2) is 90.3 Å². The van der Waals surface area contributed by atoms with E-state index in [0.29, 0.717) is 65.1 Å². The number of carbonyl (C=O) groups excluding carboxylic acids is 2. The van der Waals surface area contributed by atoms with Crippen LogP contribution in [0.25, 0.3) is 0 Å². The van der Waals surface area contributed by atoms with Crippen LogP contribution in [0.4, 0.5) is 15.1 Å². The summed E-state index contributed by atoms with van der Waals surface area (Å²) in [6.45, 7) is 15.9. The van der Waals surface area contributed by atoms with Gasteiger partial charge in [-0.05, 0) is 90.2 Å². The van der Waals surface area contributed by atoms with Gasteiger partial charge in [0.2, 0.25) is 0 Å². The number of sulfone groups is 1. The Morgan fingerprint density at radius 1 is 0.951 bits per heavy atom. The Labute approximate surface area is 366 Å². The van der Waals surface area contributed by atoms with Crippen LogP contribution in [0.2, 0.25) is 19.6 Å². The topological polar surface area (TPSA) is 217 Å². The predicted octanol–water partition coefficient (Wildman–Crippen LogP) is 9.88. The quantitative estimate of drug-likeness (QED) is 0.0789. The third-order valence-corrected chi connectivity index (χ3v) is 16.7. The Kier molecular flexibility index (Phi) is 17.5. The fraction of sp³-hybridized carbons (Fsp3) is 0.474. The van der Waals surface area contributed by atoms with Gasteiger partial charge in [0.1, 0.15) is 29.0 Å². The van der Waals surface area contributed by atoms with Crippen molar-refractivity contribution in [1.29, 1.82) is 0 Å². The molecule has 2 atom stereocenters. The van der Waals surface area contributed by atoms with Gasteiger partial charge in [0.05, 0.1) is 48.4 Å². The highest BCUT2D eigenvalue weighted by molar-refractivity contribution is 7.90. The van der Waals surface area contributed by atoms with E-state index in [1.807, 2.05) is 26.6 Å². The Morgan fingerprint density at radius 3 is 2.13 bits per heavy atom. The average Bonchev–Trinajstić information content (AvgIpc) is 3.74. The first-order chi connectivity index (χ1) is 28.3. The predicted molar refractivity (Wildman–Crippen MR) is 240 cm³/mol. The molecule has 2 aromatic carbocycles. The number of nitrogens with one attached hydrogen (secondary N) is 2. The van der Waals surface area contributed by atoms with E-state index < -0.39 is 50.7 Å². The first-order valence-electron chi connectivity index (χ1n) is 18.9. The molecule has 3 heterocycles. The van der Waals surface area contributed by atoms with Crippen molar-refractivity contribution in [2.75, 3.05) is 50.5 Å². The monoisotopic (exact) mass is 960 g/mol. The van der Waals surface area contributed by atoms with Crippen LogP contribution in [0, 0.1) is 0 Å². The van der Waals surface area contributed by atoms with Gasteiger partial charge in [-0.2, -0.15) is 0 Å². The lowest BCUT2D eigenvalue weighted by Gasteiger charge is -2.23. The number of carbonyl (C=O) groups is 2. The summed E-state index contributed by atoms with van der Waals surface area (Å²) in [5, 5.41) is 9.53. The fourth-order valence-corrected chi connectivity index (χ4v) is 14.9. The molecule has 0 saturated carbocycles. The second kappa shape index (κ2) is 21.3.